The maximum atomic E-state index is 5.29. The van der Waals surface area contributed by atoms with E-state index in [2.05, 4.69) is 212 Å². The zero-order valence-electron chi connectivity index (χ0n) is 33.3. The molecule has 0 fully saturated rings. The molecule has 11 aromatic rings. The molecule has 2 nitrogen and oxygen atoms in total. The molecule has 0 spiro atoms. The summed E-state index contributed by atoms with van der Waals surface area (Å²) in [5.74, 6) is 0.708. The molecule has 0 bridgehead atoms. The molecule has 1 heterocycles. The number of hydrogen-bond donors (Lipinski definition) is 0. The van der Waals surface area contributed by atoms with Crippen LogP contribution in [0.4, 0.5) is 0 Å². The lowest BCUT2D eigenvalue weighted by Crippen LogP contribution is -2.28. The molecule has 1 aliphatic carbocycles. The lowest BCUT2D eigenvalue weighted by atomic mass is 9.66. The average Bonchev–Trinajstić information content (AvgIpc) is 3.65. The standard InChI is InChI=1S/C59H38N2/c1-4-19-41(20-5-1)58-60-55(50-30-16-21-39-17-10-12-26-45(39)50)38-56(61-58)51-35-34-46(48-28-14-15-29-49(48)51)42-32-36-54-53(37-42)52-33-31-40-18-11-13-27-47(40)57(52)59(54,43-22-6-2-7-23-43)44-24-8-3-9-25-44/h1-38H. The van der Waals surface area contributed by atoms with E-state index in [0.717, 1.165) is 33.5 Å². The molecule has 0 atom stereocenters. The number of aromatic nitrogens is 2. The van der Waals surface area contributed by atoms with Crippen LogP contribution in [0, 0.1) is 0 Å². The third kappa shape index (κ3) is 5.50. The van der Waals surface area contributed by atoms with Crippen LogP contribution in [0.15, 0.2) is 231 Å². The van der Waals surface area contributed by atoms with Crippen molar-refractivity contribution in [1.29, 1.82) is 0 Å². The SMILES string of the molecule is c1ccc(-c2nc(-c3cccc4ccccc34)cc(-c3ccc(-c4ccc5c(c4)-c4ccc6ccccc6c4C5(c4ccccc4)c4ccccc4)c4ccccc34)n2)cc1. The van der Waals surface area contributed by atoms with Crippen molar-refractivity contribution < 1.29 is 0 Å². The highest BCUT2D eigenvalue weighted by Crippen LogP contribution is 2.58. The molecule has 0 radical (unpaired) electrons. The summed E-state index contributed by atoms with van der Waals surface area (Å²) in [4.78, 5) is 10.5. The predicted octanol–water partition coefficient (Wildman–Crippen LogP) is 15.0. The van der Waals surface area contributed by atoms with E-state index in [4.69, 9.17) is 9.97 Å². The van der Waals surface area contributed by atoms with Crippen molar-refractivity contribution in [3.63, 3.8) is 0 Å². The Hall–Kier alpha value is -7.94. The van der Waals surface area contributed by atoms with E-state index in [-0.39, 0.29) is 0 Å². The van der Waals surface area contributed by atoms with E-state index >= 15 is 0 Å². The van der Waals surface area contributed by atoms with Crippen LogP contribution in [0.1, 0.15) is 22.3 Å². The van der Waals surface area contributed by atoms with Crippen molar-refractivity contribution in [2.75, 3.05) is 0 Å². The highest BCUT2D eigenvalue weighted by molar-refractivity contribution is 6.07. The molecule has 1 aliphatic rings. The van der Waals surface area contributed by atoms with Gasteiger partial charge in [0.15, 0.2) is 5.82 Å². The summed E-state index contributed by atoms with van der Waals surface area (Å²) < 4.78 is 0. The Kier molecular flexibility index (Phi) is 8.11. The van der Waals surface area contributed by atoms with Gasteiger partial charge in [0.2, 0.25) is 0 Å². The fourth-order valence-corrected chi connectivity index (χ4v) is 10.1. The fraction of sp³-hybridized carbons (Fsp3) is 0.0169. The van der Waals surface area contributed by atoms with E-state index in [1.165, 1.54) is 71.4 Å². The van der Waals surface area contributed by atoms with Crippen LogP contribution in [-0.4, -0.2) is 9.97 Å². The van der Waals surface area contributed by atoms with Gasteiger partial charge in [0.05, 0.1) is 16.8 Å². The summed E-state index contributed by atoms with van der Waals surface area (Å²) in [6, 6.07) is 83.6. The van der Waals surface area contributed by atoms with Crippen LogP contribution >= 0.6 is 0 Å². The van der Waals surface area contributed by atoms with Gasteiger partial charge >= 0.3 is 0 Å². The summed E-state index contributed by atoms with van der Waals surface area (Å²) in [5.41, 5.74) is 14.5. The number of hydrogen-bond acceptors (Lipinski definition) is 2. The third-order valence-corrected chi connectivity index (χ3v) is 12.8. The van der Waals surface area contributed by atoms with Crippen molar-refractivity contribution in [3.05, 3.63) is 253 Å². The summed E-state index contributed by atoms with van der Waals surface area (Å²) in [6.07, 6.45) is 0. The van der Waals surface area contributed by atoms with Crippen molar-refractivity contribution in [3.8, 4) is 56.2 Å². The molecule has 2 heteroatoms. The van der Waals surface area contributed by atoms with Crippen molar-refractivity contribution in [2.24, 2.45) is 0 Å². The maximum absolute atomic E-state index is 5.29. The minimum atomic E-state index is -0.496. The molecule has 0 aliphatic heterocycles. The first-order valence-electron chi connectivity index (χ1n) is 21.0. The van der Waals surface area contributed by atoms with Crippen molar-refractivity contribution in [1.82, 2.24) is 9.97 Å². The highest BCUT2D eigenvalue weighted by Gasteiger charge is 2.47. The van der Waals surface area contributed by atoms with Crippen LogP contribution in [0.3, 0.4) is 0 Å². The second-order valence-electron chi connectivity index (χ2n) is 16.0. The van der Waals surface area contributed by atoms with Gasteiger partial charge in [-0.05, 0) is 89.0 Å². The molecule has 10 aromatic carbocycles. The smallest absolute Gasteiger partial charge is 0.160 e. The van der Waals surface area contributed by atoms with E-state index in [0.29, 0.717) is 5.82 Å². The van der Waals surface area contributed by atoms with Crippen LogP contribution in [0.2, 0.25) is 0 Å². The van der Waals surface area contributed by atoms with E-state index in [9.17, 15) is 0 Å². The molecule has 61 heavy (non-hydrogen) atoms. The summed E-state index contributed by atoms with van der Waals surface area (Å²) in [7, 11) is 0. The normalized spacial score (nSPS) is 12.7. The second-order valence-corrected chi connectivity index (χ2v) is 16.0. The summed E-state index contributed by atoms with van der Waals surface area (Å²) in [5, 5.41) is 7.21. The zero-order chi connectivity index (χ0) is 40.3. The largest absolute Gasteiger partial charge is 0.228 e. The Morgan fingerprint density at radius 2 is 0.803 bits per heavy atom. The molecule has 0 N–H and O–H groups in total. The van der Waals surface area contributed by atoms with Crippen molar-refractivity contribution in [2.45, 2.75) is 5.41 Å². The Balaban J connectivity index is 1.07. The van der Waals surface area contributed by atoms with E-state index < -0.39 is 5.41 Å². The minimum absolute atomic E-state index is 0.496. The van der Waals surface area contributed by atoms with Gasteiger partial charge in [-0.25, -0.2) is 9.97 Å². The van der Waals surface area contributed by atoms with Gasteiger partial charge in [-0.1, -0.05) is 218 Å². The third-order valence-electron chi connectivity index (χ3n) is 12.8. The molecule has 1 aromatic heterocycles. The maximum Gasteiger partial charge on any atom is 0.160 e. The minimum Gasteiger partial charge on any atom is -0.228 e. The Labute approximate surface area is 355 Å². The molecule has 0 unspecified atom stereocenters. The van der Waals surface area contributed by atoms with Crippen molar-refractivity contribution >= 4 is 32.3 Å². The van der Waals surface area contributed by atoms with E-state index in [1.54, 1.807) is 0 Å². The molecule has 0 amide bonds. The number of fused-ring (bicyclic) bond motifs is 7. The Morgan fingerprint density at radius 3 is 1.49 bits per heavy atom. The monoisotopic (exact) mass is 774 g/mol. The van der Waals surface area contributed by atoms with Gasteiger partial charge in [0.1, 0.15) is 0 Å². The topological polar surface area (TPSA) is 25.8 Å². The molecule has 0 saturated carbocycles. The van der Waals surface area contributed by atoms with Crippen LogP contribution in [0.25, 0.3) is 88.5 Å². The molecule has 284 valence electrons. The fourth-order valence-electron chi connectivity index (χ4n) is 10.1. The molecular formula is C59H38N2. The zero-order valence-corrected chi connectivity index (χ0v) is 33.3. The summed E-state index contributed by atoms with van der Waals surface area (Å²) >= 11 is 0. The first-order valence-corrected chi connectivity index (χ1v) is 21.0. The Morgan fingerprint density at radius 1 is 0.295 bits per heavy atom. The predicted molar refractivity (Wildman–Crippen MR) is 254 cm³/mol. The van der Waals surface area contributed by atoms with Gasteiger partial charge in [-0.3, -0.25) is 0 Å². The number of nitrogens with zero attached hydrogens (tertiary/aromatic N) is 2. The lowest BCUT2D eigenvalue weighted by Gasteiger charge is -2.34. The van der Waals surface area contributed by atoms with Gasteiger partial charge in [-0.15, -0.1) is 0 Å². The van der Waals surface area contributed by atoms with Gasteiger partial charge in [-0.2, -0.15) is 0 Å². The van der Waals surface area contributed by atoms with Crippen LogP contribution in [0.5, 0.6) is 0 Å². The number of benzene rings is 10. The lowest BCUT2D eigenvalue weighted by molar-refractivity contribution is 0.775. The van der Waals surface area contributed by atoms with Gasteiger partial charge in [0.25, 0.3) is 0 Å². The van der Waals surface area contributed by atoms with Gasteiger partial charge < -0.3 is 0 Å². The average molecular weight is 775 g/mol. The molecular weight excluding hydrogens is 737 g/mol. The highest BCUT2D eigenvalue weighted by atomic mass is 14.9. The van der Waals surface area contributed by atoms with E-state index in [1.807, 2.05) is 18.2 Å². The first kappa shape index (κ1) is 35.0. The molecule has 0 saturated heterocycles. The van der Waals surface area contributed by atoms with Crippen LogP contribution < -0.4 is 0 Å². The summed E-state index contributed by atoms with van der Waals surface area (Å²) in [6.45, 7) is 0. The number of rotatable bonds is 6. The quantitative estimate of drug-likeness (QED) is 0.168. The van der Waals surface area contributed by atoms with Gasteiger partial charge in [0, 0.05) is 16.7 Å². The Bertz CT molecular complexity index is 3420. The van der Waals surface area contributed by atoms with Crippen LogP contribution in [-0.2, 0) is 5.41 Å². The second kappa shape index (κ2) is 14.1. The molecule has 12 rings (SSSR count). The first-order chi connectivity index (χ1) is 30.3.